The summed E-state index contributed by atoms with van der Waals surface area (Å²) in [5.74, 6) is 0.565. The van der Waals surface area contributed by atoms with E-state index >= 15 is 0 Å². The van der Waals surface area contributed by atoms with Crippen molar-refractivity contribution in [3.63, 3.8) is 0 Å². The highest BCUT2D eigenvalue weighted by molar-refractivity contribution is 5.53. The number of benzene rings is 1. The number of hydrogen-bond acceptors (Lipinski definition) is 3. The van der Waals surface area contributed by atoms with Crippen LogP contribution in [0.4, 0.5) is 0 Å². The topological polar surface area (TPSA) is 38.9 Å². The Bertz CT molecular complexity index is 429. The molecular formula is C12H16N2O. The number of hydrogen-bond donors (Lipinski definition) is 0. The standard InChI is InChI=1S/C12H14N2O.H2/c1-12(2,3)10-6-4-9(5-7-10)11-14-13-8-15-11;/h4-8H,1-3H3;1H. The summed E-state index contributed by atoms with van der Waals surface area (Å²) in [5.41, 5.74) is 2.43. The van der Waals surface area contributed by atoms with Crippen molar-refractivity contribution in [3.05, 3.63) is 36.2 Å². The first kappa shape index (κ1) is 9.90. The lowest BCUT2D eigenvalue weighted by molar-refractivity contribution is 0.568. The van der Waals surface area contributed by atoms with Gasteiger partial charge in [0, 0.05) is 6.99 Å². The van der Waals surface area contributed by atoms with Crippen LogP contribution in [0.25, 0.3) is 11.5 Å². The third-order valence-electron chi connectivity index (χ3n) is 2.36. The van der Waals surface area contributed by atoms with Crippen LogP contribution in [0.2, 0.25) is 0 Å². The average molecular weight is 204 g/mol. The van der Waals surface area contributed by atoms with Crippen molar-refractivity contribution in [2.45, 2.75) is 26.2 Å². The highest BCUT2D eigenvalue weighted by Gasteiger charge is 2.13. The molecule has 3 heteroatoms. The second-order valence-electron chi connectivity index (χ2n) is 4.57. The Hall–Kier alpha value is -1.64. The number of rotatable bonds is 1. The van der Waals surface area contributed by atoms with Crippen molar-refractivity contribution in [2.24, 2.45) is 0 Å². The van der Waals surface area contributed by atoms with Gasteiger partial charge in [-0.1, -0.05) is 32.9 Å². The van der Waals surface area contributed by atoms with E-state index in [2.05, 4.69) is 43.1 Å². The van der Waals surface area contributed by atoms with Crippen LogP contribution in [-0.2, 0) is 5.41 Å². The maximum atomic E-state index is 5.12. The lowest BCUT2D eigenvalue weighted by atomic mass is 9.87. The zero-order chi connectivity index (χ0) is 10.9. The zero-order valence-corrected chi connectivity index (χ0v) is 9.19. The van der Waals surface area contributed by atoms with E-state index in [1.807, 2.05) is 12.1 Å². The van der Waals surface area contributed by atoms with Gasteiger partial charge >= 0.3 is 0 Å². The molecule has 0 bridgehead atoms. The first-order chi connectivity index (χ1) is 7.07. The van der Waals surface area contributed by atoms with Crippen LogP contribution < -0.4 is 0 Å². The molecule has 0 spiro atoms. The predicted octanol–water partition coefficient (Wildman–Crippen LogP) is 3.28. The molecule has 0 saturated carbocycles. The second kappa shape index (κ2) is 3.50. The molecule has 1 aromatic heterocycles. The maximum absolute atomic E-state index is 5.12. The predicted molar refractivity (Wildman–Crippen MR) is 60.5 cm³/mol. The fraction of sp³-hybridized carbons (Fsp3) is 0.333. The minimum absolute atomic E-state index is 0. The molecule has 80 valence electrons. The molecule has 0 fully saturated rings. The van der Waals surface area contributed by atoms with Crippen LogP contribution >= 0.6 is 0 Å². The van der Waals surface area contributed by atoms with E-state index in [0.29, 0.717) is 5.89 Å². The molecule has 0 aliphatic heterocycles. The smallest absolute Gasteiger partial charge is 0.247 e. The Morgan fingerprint density at radius 1 is 1.13 bits per heavy atom. The molecular weight excluding hydrogens is 188 g/mol. The van der Waals surface area contributed by atoms with Crippen LogP contribution in [-0.4, -0.2) is 10.2 Å². The Morgan fingerprint density at radius 3 is 2.27 bits per heavy atom. The highest BCUT2D eigenvalue weighted by Crippen LogP contribution is 2.24. The van der Waals surface area contributed by atoms with Gasteiger partial charge in [-0.3, -0.25) is 0 Å². The summed E-state index contributed by atoms with van der Waals surface area (Å²) in [5, 5.41) is 7.51. The third kappa shape index (κ3) is 2.06. The molecule has 2 aromatic rings. The molecule has 0 atom stereocenters. The summed E-state index contributed by atoms with van der Waals surface area (Å²) < 4.78 is 5.12. The van der Waals surface area contributed by atoms with Gasteiger partial charge in [-0.05, 0) is 23.1 Å². The first-order valence-corrected chi connectivity index (χ1v) is 4.94. The van der Waals surface area contributed by atoms with Crippen molar-refractivity contribution in [3.8, 4) is 11.5 Å². The molecule has 3 nitrogen and oxygen atoms in total. The molecule has 1 aromatic carbocycles. The van der Waals surface area contributed by atoms with E-state index < -0.39 is 0 Å². The van der Waals surface area contributed by atoms with Crippen LogP contribution in [0, 0.1) is 0 Å². The van der Waals surface area contributed by atoms with Crippen LogP contribution in [0.5, 0.6) is 0 Å². The van der Waals surface area contributed by atoms with Crippen molar-refractivity contribution in [2.75, 3.05) is 0 Å². The Morgan fingerprint density at radius 2 is 1.80 bits per heavy atom. The van der Waals surface area contributed by atoms with Crippen LogP contribution in [0.3, 0.4) is 0 Å². The summed E-state index contributed by atoms with van der Waals surface area (Å²) in [4.78, 5) is 0. The Labute approximate surface area is 90.6 Å². The van der Waals surface area contributed by atoms with Gasteiger partial charge in [0.2, 0.25) is 12.3 Å². The molecule has 0 aliphatic rings. The van der Waals surface area contributed by atoms with Gasteiger partial charge in [0.1, 0.15) is 0 Å². The van der Waals surface area contributed by atoms with Gasteiger partial charge in [-0.15, -0.1) is 10.2 Å². The van der Waals surface area contributed by atoms with E-state index in [9.17, 15) is 0 Å². The third-order valence-corrected chi connectivity index (χ3v) is 2.36. The number of aromatic nitrogens is 2. The molecule has 0 saturated heterocycles. The van der Waals surface area contributed by atoms with E-state index in [0.717, 1.165) is 5.56 Å². The average Bonchev–Trinajstić information content (AvgIpc) is 2.69. The minimum atomic E-state index is 0. The van der Waals surface area contributed by atoms with Crippen molar-refractivity contribution in [1.82, 2.24) is 10.2 Å². The fourth-order valence-corrected chi connectivity index (χ4v) is 1.41. The Kier molecular flexibility index (Phi) is 2.31. The molecule has 0 amide bonds. The minimum Gasteiger partial charge on any atom is -0.423 e. The molecule has 0 radical (unpaired) electrons. The molecule has 0 N–H and O–H groups in total. The monoisotopic (exact) mass is 204 g/mol. The zero-order valence-electron chi connectivity index (χ0n) is 9.19. The van der Waals surface area contributed by atoms with E-state index in [4.69, 9.17) is 4.42 Å². The van der Waals surface area contributed by atoms with E-state index in [-0.39, 0.29) is 6.84 Å². The summed E-state index contributed by atoms with van der Waals surface area (Å²) in [7, 11) is 0. The molecule has 0 unspecified atom stereocenters. The van der Waals surface area contributed by atoms with Gasteiger partial charge in [-0.25, -0.2) is 0 Å². The van der Waals surface area contributed by atoms with Gasteiger partial charge < -0.3 is 4.42 Å². The Balaban J connectivity index is 0.00000128. The normalized spacial score (nSPS) is 11.7. The van der Waals surface area contributed by atoms with E-state index in [1.165, 1.54) is 12.0 Å². The van der Waals surface area contributed by atoms with Crippen LogP contribution in [0.15, 0.2) is 35.1 Å². The molecule has 1 heterocycles. The van der Waals surface area contributed by atoms with Crippen molar-refractivity contribution < 1.29 is 5.84 Å². The summed E-state index contributed by atoms with van der Waals surface area (Å²) >= 11 is 0. The summed E-state index contributed by atoms with van der Waals surface area (Å²) in [6.07, 6.45) is 1.34. The quantitative estimate of drug-likeness (QED) is 0.715. The van der Waals surface area contributed by atoms with E-state index in [1.54, 1.807) is 0 Å². The summed E-state index contributed by atoms with van der Waals surface area (Å²) in [6, 6.07) is 8.21. The lowest BCUT2D eigenvalue weighted by Crippen LogP contribution is -2.10. The van der Waals surface area contributed by atoms with Gasteiger partial charge in [0.05, 0.1) is 0 Å². The molecule has 15 heavy (non-hydrogen) atoms. The lowest BCUT2D eigenvalue weighted by Gasteiger charge is -2.18. The van der Waals surface area contributed by atoms with Gasteiger partial charge in [0.15, 0.2) is 0 Å². The number of nitrogens with zero attached hydrogens (tertiary/aromatic N) is 2. The summed E-state index contributed by atoms with van der Waals surface area (Å²) in [6.45, 7) is 6.57. The largest absolute Gasteiger partial charge is 0.423 e. The maximum Gasteiger partial charge on any atom is 0.247 e. The second-order valence-corrected chi connectivity index (χ2v) is 4.57. The fourth-order valence-electron chi connectivity index (χ4n) is 1.41. The SMILES string of the molecule is CC(C)(C)c1ccc(-c2nnco2)cc1.[HH]. The highest BCUT2D eigenvalue weighted by atomic mass is 16.4. The van der Waals surface area contributed by atoms with Crippen LogP contribution in [0.1, 0.15) is 27.8 Å². The first-order valence-electron chi connectivity index (χ1n) is 4.94. The molecule has 0 aliphatic carbocycles. The van der Waals surface area contributed by atoms with Gasteiger partial charge in [0.25, 0.3) is 0 Å². The van der Waals surface area contributed by atoms with Gasteiger partial charge in [-0.2, -0.15) is 0 Å². The molecule has 2 rings (SSSR count). The van der Waals surface area contributed by atoms with Crippen molar-refractivity contribution in [1.29, 1.82) is 0 Å². The van der Waals surface area contributed by atoms with Crippen molar-refractivity contribution >= 4 is 0 Å².